The van der Waals surface area contributed by atoms with Crippen LogP contribution in [0.25, 0.3) is 10.9 Å². The number of aromatic nitrogens is 3. The van der Waals surface area contributed by atoms with Crippen LogP contribution >= 0.6 is 11.6 Å². The molecular formula is C21H24ClN5O. The van der Waals surface area contributed by atoms with Crippen molar-refractivity contribution < 1.29 is 4.79 Å². The maximum atomic E-state index is 12.5. The van der Waals surface area contributed by atoms with Crippen LogP contribution in [0.3, 0.4) is 0 Å². The van der Waals surface area contributed by atoms with Crippen molar-refractivity contribution in [2.45, 2.75) is 38.6 Å². The number of nitrogens with zero attached hydrogens (tertiary/aromatic N) is 2. The minimum atomic E-state index is -0.0860. The number of nitrogens with one attached hydrogen (secondary N) is 3. The van der Waals surface area contributed by atoms with Gasteiger partial charge in [-0.05, 0) is 56.7 Å². The molecule has 1 aromatic carbocycles. The van der Waals surface area contributed by atoms with E-state index in [0.717, 1.165) is 48.9 Å². The minimum absolute atomic E-state index is 0.0860. The highest BCUT2D eigenvalue weighted by molar-refractivity contribution is 6.30. The van der Waals surface area contributed by atoms with Gasteiger partial charge in [0.15, 0.2) is 5.82 Å². The first-order valence-electron chi connectivity index (χ1n) is 9.70. The van der Waals surface area contributed by atoms with E-state index in [-0.39, 0.29) is 11.9 Å². The third kappa shape index (κ3) is 4.12. The SMILES string of the molecule is Cc1ncc(Cl)cc1C(=O)N[C@H]1CC[C@H](CNc2n[nH]c3ccccc23)CC1. The standard InChI is InChI=1S/C21H24ClN5O/c1-13-18(10-15(22)12-23-13)21(28)25-16-8-6-14(7-9-16)11-24-20-17-4-2-3-5-19(17)26-27-20/h2-5,10,12,14,16H,6-9,11H2,1H3,(H,25,28)(H2,24,26,27)/t14-,16-. The van der Waals surface area contributed by atoms with Crippen molar-refractivity contribution in [1.82, 2.24) is 20.5 Å². The van der Waals surface area contributed by atoms with Gasteiger partial charge in [0.25, 0.3) is 5.91 Å². The molecule has 6 nitrogen and oxygen atoms in total. The largest absolute Gasteiger partial charge is 0.368 e. The van der Waals surface area contributed by atoms with Gasteiger partial charge in [0, 0.05) is 24.2 Å². The van der Waals surface area contributed by atoms with Crippen LogP contribution in [0.2, 0.25) is 5.02 Å². The predicted molar refractivity (Wildman–Crippen MR) is 112 cm³/mol. The number of aryl methyl sites for hydroxylation is 1. The van der Waals surface area contributed by atoms with E-state index in [9.17, 15) is 4.79 Å². The highest BCUT2D eigenvalue weighted by atomic mass is 35.5. The Kier molecular flexibility index (Phi) is 5.48. The first-order valence-corrected chi connectivity index (χ1v) is 10.1. The average molecular weight is 398 g/mol. The number of benzene rings is 1. The van der Waals surface area contributed by atoms with Crippen LogP contribution in [-0.4, -0.2) is 33.7 Å². The molecule has 146 valence electrons. The summed E-state index contributed by atoms with van der Waals surface area (Å²) in [5.74, 6) is 1.41. The molecule has 28 heavy (non-hydrogen) atoms. The lowest BCUT2D eigenvalue weighted by Crippen LogP contribution is -2.38. The van der Waals surface area contributed by atoms with Gasteiger partial charge in [0.05, 0.1) is 21.8 Å². The van der Waals surface area contributed by atoms with Crippen molar-refractivity contribution in [3.63, 3.8) is 0 Å². The summed E-state index contributed by atoms with van der Waals surface area (Å²) >= 11 is 5.98. The van der Waals surface area contributed by atoms with Gasteiger partial charge in [-0.3, -0.25) is 14.9 Å². The van der Waals surface area contributed by atoms with Crippen molar-refractivity contribution in [3.05, 3.63) is 52.8 Å². The van der Waals surface area contributed by atoms with Crippen LogP contribution in [0, 0.1) is 12.8 Å². The lowest BCUT2D eigenvalue weighted by Gasteiger charge is -2.29. The molecule has 2 aromatic heterocycles. The molecule has 1 saturated carbocycles. The Morgan fingerprint density at radius 2 is 2.04 bits per heavy atom. The van der Waals surface area contributed by atoms with Gasteiger partial charge >= 0.3 is 0 Å². The van der Waals surface area contributed by atoms with E-state index < -0.39 is 0 Å². The van der Waals surface area contributed by atoms with E-state index in [1.807, 2.05) is 25.1 Å². The van der Waals surface area contributed by atoms with E-state index >= 15 is 0 Å². The molecule has 7 heteroatoms. The number of hydrogen-bond acceptors (Lipinski definition) is 4. The topological polar surface area (TPSA) is 82.7 Å². The van der Waals surface area contributed by atoms with Crippen molar-refractivity contribution in [3.8, 4) is 0 Å². The fourth-order valence-corrected chi connectivity index (χ4v) is 4.01. The molecule has 0 atom stereocenters. The number of para-hydroxylation sites is 1. The van der Waals surface area contributed by atoms with Gasteiger partial charge in [-0.25, -0.2) is 0 Å². The Bertz CT molecular complexity index is 978. The van der Waals surface area contributed by atoms with Gasteiger partial charge in [0.1, 0.15) is 0 Å². The fourth-order valence-electron chi connectivity index (χ4n) is 3.85. The summed E-state index contributed by atoms with van der Waals surface area (Å²) in [6.07, 6.45) is 5.67. The number of carbonyl (C=O) groups excluding carboxylic acids is 1. The van der Waals surface area contributed by atoms with E-state index in [1.54, 1.807) is 12.3 Å². The Balaban J connectivity index is 1.27. The molecule has 0 bridgehead atoms. The second-order valence-corrected chi connectivity index (χ2v) is 7.91. The lowest BCUT2D eigenvalue weighted by molar-refractivity contribution is 0.0921. The summed E-state index contributed by atoms with van der Waals surface area (Å²) in [6.45, 7) is 2.72. The normalized spacial score (nSPS) is 19.5. The number of anilines is 1. The average Bonchev–Trinajstić information content (AvgIpc) is 3.12. The summed E-state index contributed by atoms with van der Waals surface area (Å²) in [6, 6.07) is 10.0. The van der Waals surface area contributed by atoms with E-state index in [2.05, 4.69) is 31.9 Å². The highest BCUT2D eigenvalue weighted by Crippen LogP contribution is 2.26. The maximum absolute atomic E-state index is 12.5. The number of amides is 1. The minimum Gasteiger partial charge on any atom is -0.368 e. The zero-order chi connectivity index (χ0) is 19.5. The number of halogens is 1. The Morgan fingerprint density at radius 3 is 2.86 bits per heavy atom. The van der Waals surface area contributed by atoms with Crippen LogP contribution < -0.4 is 10.6 Å². The Labute approximate surface area is 169 Å². The molecular weight excluding hydrogens is 374 g/mol. The molecule has 0 unspecified atom stereocenters. The molecule has 0 saturated heterocycles. The van der Waals surface area contributed by atoms with Gasteiger partial charge < -0.3 is 10.6 Å². The molecule has 2 heterocycles. The lowest BCUT2D eigenvalue weighted by atomic mass is 9.86. The maximum Gasteiger partial charge on any atom is 0.253 e. The highest BCUT2D eigenvalue weighted by Gasteiger charge is 2.23. The molecule has 1 amide bonds. The number of hydrogen-bond donors (Lipinski definition) is 3. The van der Waals surface area contributed by atoms with Crippen molar-refractivity contribution in [1.29, 1.82) is 0 Å². The molecule has 1 aliphatic rings. The van der Waals surface area contributed by atoms with Gasteiger partial charge in [0.2, 0.25) is 0 Å². The van der Waals surface area contributed by atoms with E-state index in [4.69, 9.17) is 11.6 Å². The molecule has 0 aliphatic heterocycles. The summed E-state index contributed by atoms with van der Waals surface area (Å²) < 4.78 is 0. The first kappa shape index (κ1) is 18.7. The third-order valence-corrected chi connectivity index (χ3v) is 5.72. The summed E-state index contributed by atoms with van der Waals surface area (Å²) in [4.78, 5) is 16.7. The van der Waals surface area contributed by atoms with Gasteiger partial charge in [-0.2, -0.15) is 5.10 Å². The van der Waals surface area contributed by atoms with Crippen molar-refractivity contribution in [2.75, 3.05) is 11.9 Å². The van der Waals surface area contributed by atoms with Crippen molar-refractivity contribution >= 4 is 34.2 Å². The van der Waals surface area contributed by atoms with E-state index in [1.165, 1.54) is 0 Å². The third-order valence-electron chi connectivity index (χ3n) is 5.51. The van der Waals surface area contributed by atoms with Crippen LogP contribution in [0.15, 0.2) is 36.5 Å². The number of fused-ring (bicyclic) bond motifs is 1. The number of rotatable bonds is 5. The summed E-state index contributed by atoms with van der Waals surface area (Å²) in [5, 5.41) is 15.7. The number of carbonyl (C=O) groups is 1. The molecule has 0 radical (unpaired) electrons. The fraction of sp³-hybridized carbons (Fsp3) is 0.381. The van der Waals surface area contributed by atoms with Crippen LogP contribution in [0.4, 0.5) is 5.82 Å². The molecule has 1 aliphatic carbocycles. The monoisotopic (exact) mass is 397 g/mol. The Hall–Kier alpha value is -2.60. The zero-order valence-corrected chi connectivity index (χ0v) is 16.6. The number of pyridine rings is 1. The number of aromatic amines is 1. The van der Waals surface area contributed by atoms with Gasteiger partial charge in [-0.15, -0.1) is 0 Å². The first-order chi connectivity index (χ1) is 13.6. The molecule has 3 aromatic rings. The second kappa shape index (κ2) is 8.19. The van der Waals surface area contributed by atoms with Crippen molar-refractivity contribution in [2.24, 2.45) is 5.92 Å². The van der Waals surface area contributed by atoms with Gasteiger partial charge in [-0.1, -0.05) is 23.7 Å². The van der Waals surface area contributed by atoms with Crippen LogP contribution in [0.5, 0.6) is 0 Å². The molecule has 1 fully saturated rings. The molecule has 4 rings (SSSR count). The van der Waals surface area contributed by atoms with Crippen LogP contribution in [-0.2, 0) is 0 Å². The Morgan fingerprint density at radius 1 is 1.25 bits per heavy atom. The quantitative estimate of drug-likeness (QED) is 0.598. The smallest absolute Gasteiger partial charge is 0.253 e. The second-order valence-electron chi connectivity index (χ2n) is 7.48. The summed E-state index contributed by atoms with van der Waals surface area (Å²) in [7, 11) is 0. The predicted octanol–water partition coefficient (Wildman–Crippen LogP) is 4.32. The zero-order valence-electron chi connectivity index (χ0n) is 15.8. The number of H-pyrrole nitrogens is 1. The molecule has 3 N–H and O–H groups in total. The summed E-state index contributed by atoms with van der Waals surface area (Å²) in [5.41, 5.74) is 2.30. The molecule has 0 spiro atoms. The van der Waals surface area contributed by atoms with Crippen LogP contribution in [0.1, 0.15) is 41.7 Å². The van der Waals surface area contributed by atoms with E-state index in [0.29, 0.717) is 22.2 Å².